The molecule has 0 radical (unpaired) electrons. The molecule has 3 nitrogen and oxygen atoms in total. The SMILES string of the molecule is CCNC1CC2(CCCC(C)C2)Oc2cc(OC)ccc21. The van der Waals surface area contributed by atoms with Gasteiger partial charge in [-0.2, -0.15) is 0 Å². The van der Waals surface area contributed by atoms with E-state index in [-0.39, 0.29) is 5.60 Å². The monoisotopic (exact) mass is 289 g/mol. The zero-order valence-electron chi connectivity index (χ0n) is 13.4. The van der Waals surface area contributed by atoms with Gasteiger partial charge in [0, 0.05) is 24.1 Å². The number of fused-ring (bicyclic) bond motifs is 1. The summed E-state index contributed by atoms with van der Waals surface area (Å²) in [6.45, 7) is 5.52. The molecule has 3 heteroatoms. The minimum absolute atomic E-state index is 0.0177. The molecule has 1 aromatic carbocycles. The largest absolute Gasteiger partial charge is 0.497 e. The molecule has 0 amide bonds. The molecule has 1 N–H and O–H groups in total. The van der Waals surface area contributed by atoms with Crippen LogP contribution in [0.25, 0.3) is 0 Å². The lowest BCUT2D eigenvalue weighted by molar-refractivity contribution is -0.0180. The molecule has 1 saturated carbocycles. The average molecular weight is 289 g/mol. The van der Waals surface area contributed by atoms with Crippen LogP contribution >= 0.6 is 0 Å². The van der Waals surface area contributed by atoms with Gasteiger partial charge in [-0.05, 0) is 37.8 Å². The van der Waals surface area contributed by atoms with Crippen molar-refractivity contribution in [3.05, 3.63) is 23.8 Å². The van der Waals surface area contributed by atoms with E-state index < -0.39 is 0 Å². The number of hydrogen-bond donors (Lipinski definition) is 1. The molecule has 1 heterocycles. The third kappa shape index (κ3) is 2.89. The summed E-state index contributed by atoms with van der Waals surface area (Å²) in [5, 5.41) is 3.64. The third-order valence-electron chi connectivity index (χ3n) is 5.00. The molecule has 1 spiro atoms. The van der Waals surface area contributed by atoms with E-state index in [1.54, 1.807) is 7.11 Å². The van der Waals surface area contributed by atoms with E-state index in [2.05, 4.69) is 31.3 Å². The Morgan fingerprint density at radius 2 is 2.24 bits per heavy atom. The Kier molecular flexibility index (Phi) is 4.12. The molecule has 116 valence electrons. The highest BCUT2D eigenvalue weighted by Crippen LogP contribution is 2.48. The summed E-state index contributed by atoms with van der Waals surface area (Å²) < 4.78 is 11.9. The van der Waals surface area contributed by atoms with Gasteiger partial charge in [0.2, 0.25) is 0 Å². The van der Waals surface area contributed by atoms with E-state index >= 15 is 0 Å². The molecule has 1 aliphatic carbocycles. The second-order valence-corrected chi connectivity index (χ2v) is 6.70. The van der Waals surface area contributed by atoms with E-state index in [1.807, 2.05) is 6.07 Å². The lowest BCUT2D eigenvalue weighted by Gasteiger charge is -2.46. The summed E-state index contributed by atoms with van der Waals surface area (Å²) in [6, 6.07) is 6.64. The van der Waals surface area contributed by atoms with Crippen LogP contribution in [-0.2, 0) is 0 Å². The molecule has 1 aromatic rings. The Hall–Kier alpha value is -1.22. The summed E-state index contributed by atoms with van der Waals surface area (Å²) in [6.07, 6.45) is 6.05. The molecular weight excluding hydrogens is 262 g/mol. The summed E-state index contributed by atoms with van der Waals surface area (Å²) >= 11 is 0. The van der Waals surface area contributed by atoms with Crippen molar-refractivity contribution >= 4 is 0 Å². The van der Waals surface area contributed by atoms with E-state index in [1.165, 1.54) is 31.2 Å². The number of methoxy groups -OCH3 is 1. The van der Waals surface area contributed by atoms with Crippen molar-refractivity contribution in [2.75, 3.05) is 13.7 Å². The molecule has 0 bridgehead atoms. The van der Waals surface area contributed by atoms with E-state index in [0.29, 0.717) is 6.04 Å². The van der Waals surface area contributed by atoms with Gasteiger partial charge in [-0.25, -0.2) is 0 Å². The van der Waals surface area contributed by atoms with Gasteiger partial charge in [0.15, 0.2) is 0 Å². The predicted octanol–water partition coefficient (Wildman–Crippen LogP) is 4.08. The quantitative estimate of drug-likeness (QED) is 0.909. The van der Waals surface area contributed by atoms with E-state index in [0.717, 1.165) is 30.4 Å². The topological polar surface area (TPSA) is 30.5 Å². The van der Waals surface area contributed by atoms with Crippen molar-refractivity contribution in [3.63, 3.8) is 0 Å². The Morgan fingerprint density at radius 1 is 1.38 bits per heavy atom. The Bertz CT molecular complexity index is 502. The summed E-state index contributed by atoms with van der Waals surface area (Å²) in [5.74, 6) is 2.65. The van der Waals surface area contributed by atoms with Crippen LogP contribution in [0.4, 0.5) is 0 Å². The number of rotatable bonds is 3. The number of ether oxygens (including phenoxy) is 2. The molecule has 1 fully saturated rings. The van der Waals surface area contributed by atoms with Gasteiger partial charge in [-0.1, -0.05) is 26.3 Å². The maximum Gasteiger partial charge on any atom is 0.128 e. The number of benzene rings is 1. The van der Waals surface area contributed by atoms with Crippen LogP contribution in [-0.4, -0.2) is 19.3 Å². The normalized spacial score (nSPS) is 31.6. The second-order valence-electron chi connectivity index (χ2n) is 6.70. The van der Waals surface area contributed by atoms with Crippen LogP contribution < -0.4 is 14.8 Å². The molecule has 0 saturated heterocycles. The van der Waals surface area contributed by atoms with Crippen molar-refractivity contribution in [1.29, 1.82) is 0 Å². The Morgan fingerprint density at radius 3 is 2.95 bits per heavy atom. The highest BCUT2D eigenvalue weighted by molar-refractivity contribution is 5.44. The van der Waals surface area contributed by atoms with Crippen LogP contribution in [0.5, 0.6) is 11.5 Å². The van der Waals surface area contributed by atoms with Crippen LogP contribution in [0.1, 0.15) is 57.6 Å². The van der Waals surface area contributed by atoms with Crippen molar-refractivity contribution in [2.45, 2.75) is 57.6 Å². The fourth-order valence-corrected chi connectivity index (χ4v) is 4.09. The zero-order chi connectivity index (χ0) is 14.9. The molecule has 3 unspecified atom stereocenters. The van der Waals surface area contributed by atoms with Crippen molar-refractivity contribution in [2.24, 2.45) is 5.92 Å². The minimum Gasteiger partial charge on any atom is -0.497 e. The van der Waals surface area contributed by atoms with Crippen LogP contribution in [0.2, 0.25) is 0 Å². The standard InChI is InChI=1S/C18H27NO2/c1-4-19-16-12-18(9-5-6-13(2)11-18)21-17-10-14(20-3)7-8-15(16)17/h7-8,10,13,16,19H,4-6,9,11-12H2,1-3H3. The molecular formula is C18H27NO2. The maximum absolute atomic E-state index is 6.53. The number of hydrogen-bond acceptors (Lipinski definition) is 3. The molecule has 0 aromatic heterocycles. The Labute approximate surface area is 128 Å². The van der Waals surface area contributed by atoms with Crippen molar-refractivity contribution < 1.29 is 9.47 Å². The van der Waals surface area contributed by atoms with Gasteiger partial charge in [0.25, 0.3) is 0 Å². The van der Waals surface area contributed by atoms with E-state index in [9.17, 15) is 0 Å². The third-order valence-corrected chi connectivity index (χ3v) is 5.00. The first-order valence-corrected chi connectivity index (χ1v) is 8.26. The van der Waals surface area contributed by atoms with Crippen LogP contribution in [0.15, 0.2) is 18.2 Å². The fraction of sp³-hybridized carbons (Fsp3) is 0.667. The Balaban J connectivity index is 1.94. The summed E-state index contributed by atoms with van der Waals surface area (Å²) in [4.78, 5) is 0. The lowest BCUT2D eigenvalue weighted by atomic mass is 9.73. The predicted molar refractivity (Wildman–Crippen MR) is 85.0 cm³/mol. The molecule has 1 aliphatic heterocycles. The molecule has 2 aliphatic rings. The summed E-state index contributed by atoms with van der Waals surface area (Å²) in [7, 11) is 1.71. The number of nitrogens with one attached hydrogen (secondary N) is 1. The van der Waals surface area contributed by atoms with Gasteiger partial charge in [0.1, 0.15) is 17.1 Å². The van der Waals surface area contributed by atoms with Crippen LogP contribution in [0, 0.1) is 5.92 Å². The molecule has 21 heavy (non-hydrogen) atoms. The van der Waals surface area contributed by atoms with Crippen LogP contribution in [0.3, 0.4) is 0 Å². The minimum atomic E-state index is 0.0177. The van der Waals surface area contributed by atoms with Crippen molar-refractivity contribution in [1.82, 2.24) is 5.32 Å². The van der Waals surface area contributed by atoms with Gasteiger partial charge < -0.3 is 14.8 Å². The van der Waals surface area contributed by atoms with Gasteiger partial charge in [0.05, 0.1) is 7.11 Å². The highest BCUT2D eigenvalue weighted by Gasteiger charge is 2.43. The second kappa shape index (κ2) is 5.88. The first kappa shape index (κ1) is 14.7. The fourth-order valence-electron chi connectivity index (χ4n) is 4.09. The maximum atomic E-state index is 6.53. The first-order chi connectivity index (χ1) is 10.2. The smallest absolute Gasteiger partial charge is 0.128 e. The molecule has 3 rings (SSSR count). The highest BCUT2D eigenvalue weighted by atomic mass is 16.5. The van der Waals surface area contributed by atoms with Gasteiger partial charge >= 0.3 is 0 Å². The van der Waals surface area contributed by atoms with Crippen molar-refractivity contribution in [3.8, 4) is 11.5 Å². The average Bonchev–Trinajstić information content (AvgIpc) is 2.46. The summed E-state index contributed by atoms with van der Waals surface area (Å²) in [5.41, 5.74) is 1.30. The first-order valence-electron chi connectivity index (χ1n) is 8.26. The van der Waals surface area contributed by atoms with Gasteiger partial charge in [-0.15, -0.1) is 0 Å². The van der Waals surface area contributed by atoms with Gasteiger partial charge in [-0.3, -0.25) is 0 Å². The lowest BCUT2D eigenvalue weighted by Crippen LogP contribution is -2.47. The van der Waals surface area contributed by atoms with E-state index in [4.69, 9.17) is 9.47 Å². The zero-order valence-corrected chi connectivity index (χ0v) is 13.4. The molecule has 3 atom stereocenters.